The standard InChI is InChI=1S/C15H18F3N3/c1-10(20)13-4-2-3-7-21(13)14-6-5-12(15(16,17)18)8-11(14)9-19/h5-6,8,10,13H,2-4,7,20H2,1H3. The zero-order valence-corrected chi connectivity index (χ0v) is 11.8. The average Bonchev–Trinajstić information content (AvgIpc) is 2.45. The summed E-state index contributed by atoms with van der Waals surface area (Å²) in [6, 6.07) is 5.18. The number of benzene rings is 1. The van der Waals surface area contributed by atoms with Crippen molar-refractivity contribution in [2.45, 2.75) is 44.4 Å². The molecule has 21 heavy (non-hydrogen) atoms. The summed E-state index contributed by atoms with van der Waals surface area (Å²) in [5, 5.41) is 9.19. The maximum atomic E-state index is 12.7. The molecule has 2 atom stereocenters. The average molecular weight is 297 g/mol. The van der Waals surface area contributed by atoms with Crippen LogP contribution in [0.2, 0.25) is 0 Å². The van der Waals surface area contributed by atoms with Gasteiger partial charge >= 0.3 is 6.18 Å². The molecule has 0 radical (unpaired) electrons. The summed E-state index contributed by atoms with van der Waals surface area (Å²) >= 11 is 0. The van der Waals surface area contributed by atoms with E-state index in [0.717, 1.165) is 31.4 Å². The molecule has 1 aliphatic rings. The normalized spacial score (nSPS) is 21.0. The zero-order chi connectivity index (χ0) is 15.6. The first-order valence-corrected chi connectivity index (χ1v) is 6.98. The van der Waals surface area contributed by atoms with Crippen LogP contribution in [-0.2, 0) is 6.18 Å². The highest BCUT2D eigenvalue weighted by Gasteiger charge is 2.33. The van der Waals surface area contributed by atoms with Crippen LogP contribution in [-0.4, -0.2) is 18.6 Å². The second-order valence-corrected chi connectivity index (χ2v) is 5.46. The maximum Gasteiger partial charge on any atom is 0.416 e. The van der Waals surface area contributed by atoms with Crippen LogP contribution < -0.4 is 10.6 Å². The third-order valence-corrected chi connectivity index (χ3v) is 3.91. The second-order valence-electron chi connectivity index (χ2n) is 5.46. The minimum absolute atomic E-state index is 0.0531. The zero-order valence-electron chi connectivity index (χ0n) is 11.8. The van der Waals surface area contributed by atoms with Gasteiger partial charge in [-0.2, -0.15) is 18.4 Å². The first-order chi connectivity index (χ1) is 9.84. The predicted molar refractivity (Wildman–Crippen MR) is 74.8 cm³/mol. The number of piperidine rings is 1. The van der Waals surface area contributed by atoms with E-state index < -0.39 is 11.7 Å². The van der Waals surface area contributed by atoms with Gasteiger partial charge in [0.05, 0.1) is 16.8 Å². The number of nitrogens with two attached hydrogens (primary N) is 1. The van der Waals surface area contributed by atoms with Gasteiger partial charge in [-0.15, -0.1) is 0 Å². The molecule has 6 heteroatoms. The molecule has 0 amide bonds. The molecule has 0 spiro atoms. The van der Waals surface area contributed by atoms with E-state index in [1.807, 2.05) is 17.9 Å². The van der Waals surface area contributed by atoms with Gasteiger partial charge in [-0.3, -0.25) is 0 Å². The Kier molecular flexibility index (Phi) is 4.43. The highest BCUT2D eigenvalue weighted by Crippen LogP contribution is 2.34. The molecule has 2 rings (SSSR count). The fraction of sp³-hybridized carbons (Fsp3) is 0.533. The van der Waals surface area contributed by atoms with Gasteiger partial charge in [0.25, 0.3) is 0 Å². The molecular formula is C15H18F3N3. The minimum atomic E-state index is -4.44. The molecule has 3 nitrogen and oxygen atoms in total. The van der Waals surface area contributed by atoms with Gasteiger partial charge < -0.3 is 10.6 Å². The molecule has 0 aliphatic carbocycles. The van der Waals surface area contributed by atoms with Crippen LogP contribution in [0, 0.1) is 11.3 Å². The smallest absolute Gasteiger partial charge is 0.366 e. The van der Waals surface area contributed by atoms with E-state index in [0.29, 0.717) is 12.2 Å². The van der Waals surface area contributed by atoms with Crippen molar-refractivity contribution in [3.05, 3.63) is 29.3 Å². The fourth-order valence-electron chi connectivity index (χ4n) is 2.86. The molecule has 114 valence electrons. The predicted octanol–water partition coefficient (Wildman–Crippen LogP) is 3.28. The number of alkyl halides is 3. The Bertz CT molecular complexity index is 546. The topological polar surface area (TPSA) is 53.0 Å². The lowest BCUT2D eigenvalue weighted by Gasteiger charge is -2.40. The molecule has 2 N–H and O–H groups in total. The largest absolute Gasteiger partial charge is 0.416 e. The van der Waals surface area contributed by atoms with Gasteiger partial charge in [-0.05, 0) is 44.4 Å². The van der Waals surface area contributed by atoms with Gasteiger partial charge in [-0.1, -0.05) is 0 Å². The number of nitriles is 1. The SMILES string of the molecule is CC(N)C1CCCCN1c1ccc(C(F)(F)F)cc1C#N. The second kappa shape index (κ2) is 5.94. The third kappa shape index (κ3) is 3.30. The summed E-state index contributed by atoms with van der Waals surface area (Å²) in [5.41, 5.74) is 5.79. The molecule has 0 aromatic heterocycles. The van der Waals surface area contributed by atoms with Crippen LogP contribution in [0.5, 0.6) is 0 Å². The number of anilines is 1. The van der Waals surface area contributed by atoms with Crippen LogP contribution >= 0.6 is 0 Å². The minimum Gasteiger partial charge on any atom is -0.366 e. The van der Waals surface area contributed by atoms with Crippen molar-refractivity contribution in [3.63, 3.8) is 0 Å². The summed E-state index contributed by atoms with van der Waals surface area (Å²) in [6.07, 6.45) is -1.55. The highest BCUT2D eigenvalue weighted by molar-refractivity contribution is 5.61. The Morgan fingerprint density at radius 1 is 1.38 bits per heavy atom. The van der Waals surface area contributed by atoms with E-state index in [1.165, 1.54) is 6.07 Å². The summed E-state index contributed by atoms with van der Waals surface area (Å²) in [5.74, 6) is 0. The number of rotatable bonds is 2. The third-order valence-electron chi connectivity index (χ3n) is 3.91. The molecule has 2 unspecified atom stereocenters. The summed E-state index contributed by atoms with van der Waals surface area (Å²) in [6.45, 7) is 2.60. The van der Waals surface area contributed by atoms with E-state index in [-0.39, 0.29) is 17.6 Å². The Morgan fingerprint density at radius 3 is 2.67 bits per heavy atom. The van der Waals surface area contributed by atoms with Crippen LogP contribution in [0.15, 0.2) is 18.2 Å². The Hall–Kier alpha value is -1.74. The first-order valence-electron chi connectivity index (χ1n) is 6.98. The number of hydrogen-bond acceptors (Lipinski definition) is 3. The Morgan fingerprint density at radius 2 is 2.10 bits per heavy atom. The van der Waals surface area contributed by atoms with Gasteiger partial charge in [0.1, 0.15) is 6.07 Å². The molecule has 1 aliphatic heterocycles. The van der Waals surface area contributed by atoms with Crippen molar-refractivity contribution in [1.29, 1.82) is 5.26 Å². The van der Waals surface area contributed by atoms with Gasteiger partial charge in [-0.25, -0.2) is 0 Å². The lowest BCUT2D eigenvalue weighted by Crippen LogP contribution is -2.49. The molecule has 0 saturated carbocycles. The van der Waals surface area contributed by atoms with Crippen LogP contribution in [0.1, 0.15) is 37.3 Å². The molecule has 1 heterocycles. The van der Waals surface area contributed by atoms with E-state index in [2.05, 4.69) is 0 Å². The van der Waals surface area contributed by atoms with E-state index in [1.54, 1.807) is 0 Å². The fourth-order valence-corrected chi connectivity index (χ4v) is 2.86. The number of halogens is 3. The molecule has 0 bridgehead atoms. The van der Waals surface area contributed by atoms with E-state index in [9.17, 15) is 18.4 Å². The quantitative estimate of drug-likeness (QED) is 0.911. The molecule has 1 fully saturated rings. The van der Waals surface area contributed by atoms with Crippen LogP contribution in [0.4, 0.5) is 18.9 Å². The highest BCUT2D eigenvalue weighted by atomic mass is 19.4. The van der Waals surface area contributed by atoms with E-state index in [4.69, 9.17) is 5.73 Å². The monoisotopic (exact) mass is 297 g/mol. The Labute approximate surface area is 122 Å². The number of hydrogen-bond donors (Lipinski definition) is 1. The number of nitrogens with zero attached hydrogens (tertiary/aromatic N) is 2. The molecule has 1 aromatic rings. The van der Waals surface area contributed by atoms with Crippen molar-refractivity contribution in [2.24, 2.45) is 5.73 Å². The lowest BCUT2D eigenvalue weighted by atomic mass is 9.95. The van der Waals surface area contributed by atoms with Crippen LogP contribution in [0.25, 0.3) is 0 Å². The van der Waals surface area contributed by atoms with Gasteiger partial charge in [0, 0.05) is 18.6 Å². The van der Waals surface area contributed by atoms with Crippen molar-refractivity contribution >= 4 is 5.69 Å². The Balaban J connectivity index is 2.41. The first kappa shape index (κ1) is 15.6. The van der Waals surface area contributed by atoms with Crippen molar-refractivity contribution < 1.29 is 13.2 Å². The molecular weight excluding hydrogens is 279 g/mol. The van der Waals surface area contributed by atoms with Crippen LogP contribution in [0.3, 0.4) is 0 Å². The lowest BCUT2D eigenvalue weighted by molar-refractivity contribution is -0.137. The van der Waals surface area contributed by atoms with Gasteiger partial charge in [0.2, 0.25) is 0 Å². The summed E-state index contributed by atoms with van der Waals surface area (Å²) in [7, 11) is 0. The van der Waals surface area contributed by atoms with E-state index >= 15 is 0 Å². The summed E-state index contributed by atoms with van der Waals surface area (Å²) in [4.78, 5) is 1.98. The van der Waals surface area contributed by atoms with Gasteiger partial charge in [0.15, 0.2) is 0 Å². The summed E-state index contributed by atoms with van der Waals surface area (Å²) < 4.78 is 38.2. The van der Waals surface area contributed by atoms with Crippen molar-refractivity contribution in [3.8, 4) is 6.07 Å². The van der Waals surface area contributed by atoms with Crippen molar-refractivity contribution in [2.75, 3.05) is 11.4 Å². The molecule has 1 saturated heterocycles. The maximum absolute atomic E-state index is 12.7. The molecule has 1 aromatic carbocycles. The van der Waals surface area contributed by atoms with Crippen molar-refractivity contribution in [1.82, 2.24) is 0 Å².